The van der Waals surface area contributed by atoms with Crippen molar-refractivity contribution in [2.75, 3.05) is 11.9 Å². The van der Waals surface area contributed by atoms with Crippen LogP contribution in [-0.4, -0.2) is 40.5 Å². The molecule has 0 aliphatic carbocycles. The predicted octanol–water partition coefficient (Wildman–Crippen LogP) is 2.48. The maximum Gasteiger partial charge on any atom is 0.329 e. The highest BCUT2D eigenvalue weighted by Crippen LogP contribution is 2.22. The summed E-state index contributed by atoms with van der Waals surface area (Å²) in [5, 5.41) is 19.1. The van der Waals surface area contributed by atoms with Crippen molar-refractivity contribution in [2.45, 2.75) is 26.8 Å². The van der Waals surface area contributed by atoms with Gasteiger partial charge >= 0.3 is 5.97 Å². The Hall–Kier alpha value is -3.47. The second-order valence-electron chi connectivity index (χ2n) is 6.60. The van der Waals surface area contributed by atoms with E-state index in [0.717, 1.165) is 12.1 Å². The average Bonchev–Trinajstić information content (AvgIpc) is 3.08. The van der Waals surface area contributed by atoms with Crippen LogP contribution < -0.4 is 10.6 Å². The molecule has 0 fully saturated rings. The molecule has 1 atom stereocenters. The molecule has 1 unspecified atom stereocenters. The first-order chi connectivity index (χ1) is 14.1. The summed E-state index contributed by atoms with van der Waals surface area (Å²) in [6.07, 6.45) is 0. The second kappa shape index (κ2) is 9.83. The van der Waals surface area contributed by atoms with E-state index in [9.17, 15) is 24.5 Å². The van der Waals surface area contributed by atoms with Crippen molar-refractivity contribution in [1.82, 2.24) is 10.5 Å². The highest BCUT2D eigenvalue weighted by atomic mass is 35.5. The molecule has 1 aromatic heterocycles. The number of carbonyl (C=O) groups is 3. The Kier molecular flexibility index (Phi) is 7.48. The summed E-state index contributed by atoms with van der Waals surface area (Å²) in [7, 11) is 0. The number of carbonyl (C=O) groups excluding carboxylic acids is 3. The van der Waals surface area contributed by atoms with Gasteiger partial charge in [0.15, 0.2) is 12.4 Å². The van der Waals surface area contributed by atoms with Gasteiger partial charge in [-0.05, 0) is 18.9 Å². The Morgan fingerprint density at radius 2 is 2.00 bits per heavy atom. The second-order valence-corrected chi connectivity index (χ2v) is 7.00. The van der Waals surface area contributed by atoms with Gasteiger partial charge in [0.1, 0.15) is 11.8 Å². The van der Waals surface area contributed by atoms with Gasteiger partial charge in [0, 0.05) is 18.2 Å². The van der Waals surface area contributed by atoms with Gasteiger partial charge in [-0.15, -0.1) is 0 Å². The molecule has 2 rings (SSSR count). The molecule has 2 aromatic rings. The molecule has 0 radical (unpaired) electrons. The first-order valence-corrected chi connectivity index (χ1v) is 9.11. The maximum atomic E-state index is 12.5. The fourth-order valence-corrected chi connectivity index (χ4v) is 2.61. The standard InChI is InChI=1S/C18H19ClN4O7/c1-9(2)16(18(26)29-8-15(24)20-14-6-10(3)30-22-14)21-17(25)12-5-4-11(23(27)28)7-13(12)19/h4-7,9,16H,8H2,1-3H3,(H,21,25)(H,20,22,24). The van der Waals surface area contributed by atoms with Crippen LogP contribution in [0.5, 0.6) is 0 Å². The van der Waals surface area contributed by atoms with E-state index in [0.29, 0.717) is 5.76 Å². The summed E-state index contributed by atoms with van der Waals surface area (Å²) in [4.78, 5) is 46.8. The number of halogens is 1. The quantitative estimate of drug-likeness (QED) is 0.362. The van der Waals surface area contributed by atoms with Crippen molar-refractivity contribution < 1.29 is 28.6 Å². The van der Waals surface area contributed by atoms with Crippen molar-refractivity contribution in [3.05, 3.63) is 50.7 Å². The van der Waals surface area contributed by atoms with Crippen molar-refractivity contribution in [3.8, 4) is 0 Å². The Bertz CT molecular complexity index is 973. The van der Waals surface area contributed by atoms with Crippen LogP contribution in [0, 0.1) is 23.0 Å². The molecule has 160 valence electrons. The number of amides is 2. The molecule has 1 heterocycles. The van der Waals surface area contributed by atoms with E-state index >= 15 is 0 Å². The third kappa shape index (κ3) is 6.01. The van der Waals surface area contributed by atoms with Crippen LogP contribution in [0.15, 0.2) is 28.8 Å². The van der Waals surface area contributed by atoms with E-state index in [-0.39, 0.29) is 28.0 Å². The lowest BCUT2D eigenvalue weighted by molar-refractivity contribution is -0.384. The number of nitro benzene ring substituents is 1. The molecular weight excluding hydrogens is 420 g/mol. The fourth-order valence-electron chi connectivity index (χ4n) is 2.35. The largest absolute Gasteiger partial charge is 0.454 e. The van der Waals surface area contributed by atoms with E-state index in [4.69, 9.17) is 20.9 Å². The first kappa shape index (κ1) is 22.8. The van der Waals surface area contributed by atoms with Gasteiger partial charge in [-0.3, -0.25) is 19.7 Å². The zero-order chi connectivity index (χ0) is 22.4. The number of hydrogen-bond donors (Lipinski definition) is 2. The van der Waals surface area contributed by atoms with E-state index < -0.39 is 35.4 Å². The fraction of sp³-hybridized carbons (Fsp3) is 0.333. The van der Waals surface area contributed by atoms with Gasteiger partial charge < -0.3 is 19.9 Å². The third-order valence-corrected chi connectivity index (χ3v) is 4.17. The molecule has 0 bridgehead atoms. The lowest BCUT2D eigenvalue weighted by Crippen LogP contribution is -2.46. The molecule has 12 heteroatoms. The number of ether oxygens (including phenoxy) is 1. The summed E-state index contributed by atoms with van der Waals surface area (Å²) in [6, 6.07) is 3.76. The molecule has 2 N–H and O–H groups in total. The molecule has 0 aliphatic rings. The van der Waals surface area contributed by atoms with E-state index in [1.54, 1.807) is 20.8 Å². The van der Waals surface area contributed by atoms with Crippen LogP contribution in [0.1, 0.15) is 30.0 Å². The van der Waals surface area contributed by atoms with Gasteiger partial charge in [0.2, 0.25) is 0 Å². The van der Waals surface area contributed by atoms with E-state index in [1.807, 2.05) is 0 Å². The van der Waals surface area contributed by atoms with Crippen LogP contribution in [0.4, 0.5) is 11.5 Å². The number of nitrogens with one attached hydrogen (secondary N) is 2. The number of benzene rings is 1. The number of rotatable bonds is 8. The van der Waals surface area contributed by atoms with Crippen LogP contribution in [0.25, 0.3) is 0 Å². The number of aromatic nitrogens is 1. The minimum Gasteiger partial charge on any atom is -0.454 e. The summed E-state index contributed by atoms with van der Waals surface area (Å²) in [6.45, 7) is 4.39. The Balaban J connectivity index is 1.99. The average molecular weight is 439 g/mol. The molecule has 1 aromatic carbocycles. The highest BCUT2D eigenvalue weighted by molar-refractivity contribution is 6.34. The number of nitro groups is 1. The number of aryl methyl sites for hydroxylation is 1. The summed E-state index contributed by atoms with van der Waals surface area (Å²) >= 11 is 5.94. The van der Waals surface area contributed by atoms with Crippen LogP contribution >= 0.6 is 11.6 Å². The lowest BCUT2D eigenvalue weighted by Gasteiger charge is -2.21. The minimum absolute atomic E-state index is 0.0418. The van der Waals surface area contributed by atoms with Crippen LogP contribution in [0.3, 0.4) is 0 Å². The topological polar surface area (TPSA) is 154 Å². The molecule has 30 heavy (non-hydrogen) atoms. The first-order valence-electron chi connectivity index (χ1n) is 8.73. The number of anilines is 1. The zero-order valence-electron chi connectivity index (χ0n) is 16.3. The van der Waals surface area contributed by atoms with Gasteiger partial charge in [-0.2, -0.15) is 0 Å². The predicted molar refractivity (Wildman–Crippen MR) is 105 cm³/mol. The van der Waals surface area contributed by atoms with E-state index in [2.05, 4.69) is 15.8 Å². The molecule has 0 spiro atoms. The highest BCUT2D eigenvalue weighted by Gasteiger charge is 2.28. The van der Waals surface area contributed by atoms with Gasteiger partial charge in [0.25, 0.3) is 17.5 Å². The van der Waals surface area contributed by atoms with Crippen molar-refractivity contribution in [3.63, 3.8) is 0 Å². The molecule has 11 nitrogen and oxygen atoms in total. The van der Waals surface area contributed by atoms with Crippen LogP contribution in [-0.2, 0) is 14.3 Å². The summed E-state index contributed by atoms with van der Waals surface area (Å²) in [5.74, 6) is -1.88. The minimum atomic E-state index is -1.08. The normalized spacial score (nSPS) is 11.6. The third-order valence-electron chi connectivity index (χ3n) is 3.86. The lowest BCUT2D eigenvalue weighted by atomic mass is 10.0. The maximum absolute atomic E-state index is 12.5. The molecule has 0 saturated heterocycles. The molecule has 0 aliphatic heterocycles. The van der Waals surface area contributed by atoms with E-state index in [1.165, 1.54) is 12.1 Å². The SMILES string of the molecule is Cc1cc(NC(=O)COC(=O)C(NC(=O)c2ccc([N+](=O)[O-])cc2Cl)C(C)C)no1. The van der Waals surface area contributed by atoms with Crippen molar-refractivity contribution >= 4 is 40.9 Å². The smallest absolute Gasteiger partial charge is 0.329 e. The van der Waals surface area contributed by atoms with Gasteiger partial charge in [0.05, 0.1) is 15.5 Å². The van der Waals surface area contributed by atoms with Crippen molar-refractivity contribution in [2.24, 2.45) is 5.92 Å². The summed E-state index contributed by atoms with van der Waals surface area (Å²) in [5.41, 5.74) is -0.315. The monoisotopic (exact) mass is 438 g/mol. The number of nitrogens with zero attached hydrogens (tertiary/aromatic N) is 2. The van der Waals surface area contributed by atoms with Crippen LogP contribution in [0.2, 0.25) is 5.02 Å². The Morgan fingerprint density at radius 1 is 1.30 bits per heavy atom. The van der Waals surface area contributed by atoms with Gasteiger partial charge in [-0.1, -0.05) is 30.6 Å². The number of non-ortho nitro benzene ring substituents is 1. The van der Waals surface area contributed by atoms with Crippen molar-refractivity contribution in [1.29, 1.82) is 0 Å². The number of hydrogen-bond acceptors (Lipinski definition) is 8. The number of esters is 1. The summed E-state index contributed by atoms with van der Waals surface area (Å²) < 4.78 is 9.79. The molecule has 2 amide bonds. The Labute approximate surface area is 175 Å². The molecular formula is C18H19ClN4O7. The molecule has 0 saturated carbocycles. The van der Waals surface area contributed by atoms with Gasteiger partial charge in [-0.25, -0.2) is 4.79 Å². The Morgan fingerprint density at radius 3 is 2.53 bits per heavy atom. The zero-order valence-corrected chi connectivity index (χ0v) is 17.1.